The van der Waals surface area contributed by atoms with E-state index in [0.29, 0.717) is 6.54 Å². The van der Waals surface area contributed by atoms with Crippen molar-refractivity contribution in [1.29, 1.82) is 0 Å². The van der Waals surface area contributed by atoms with E-state index in [1.54, 1.807) is 13.4 Å². The minimum Gasteiger partial charge on any atom is -0.497 e. The molecule has 0 saturated heterocycles. The van der Waals surface area contributed by atoms with Gasteiger partial charge in [-0.25, -0.2) is 4.98 Å². The molecule has 0 atom stereocenters. The lowest BCUT2D eigenvalue weighted by Crippen LogP contribution is -1.95. The molecule has 1 aromatic carbocycles. The maximum atomic E-state index is 5.49. The maximum Gasteiger partial charge on any atom is 0.119 e. The Morgan fingerprint density at radius 2 is 2.07 bits per heavy atom. The van der Waals surface area contributed by atoms with Crippen molar-refractivity contribution in [3.05, 3.63) is 42.5 Å². The van der Waals surface area contributed by atoms with Gasteiger partial charge in [-0.2, -0.15) is 0 Å². The van der Waals surface area contributed by atoms with Gasteiger partial charge < -0.3 is 15.0 Å². The largest absolute Gasteiger partial charge is 0.497 e. The number of aromatic nitrogens is 2. The second kappa shape index (κ2) is 4.14. The number of hydrogen-bond acceptors (Lipinski definition) is 3. The second-order valence-electron chi connectivity index (χ2n) is 3.17. The summed E-state index contributed by atoms with van der Waals surface area (Å²) in [7, 11) is 1.65. The number of rotatable bonds is 3. The third-order valence-corrected chi connectivity index (χ3v) is 2.22. The summed E-state index contributed by atoms with van der Waals surface area (Å²) < 4.78 is 7.02. The van der Waals surface area contributed by atoms with Crippen LogP contribution in [0.25, 0.3) is 5.69 Å². The molecule has 2 aromatic rings. The highest BCUT2D eigenvalue weighted by Crippen LogP contribution is 2.14. The molecule has 0 saturated carbocycles. The van der Waals surface area contributed by atoms with Crippen LogP contribution >= 0.6 is 0 Å². The predicted molar refractivity (Wildman–Crippen MR) is 58.0 cm³/mol. The van der Waals surface area contributed by atoms with E-state index in [0.717, 1.165) is 17.1 Å². The molecule has 0 unspecified atom stereocenters. The lowest BCUT2D eigenvalue weighted by atomic mass is 10.3. The van der Waals surface area contributed by atoms with Crippen LogP contribution in [0.15, 0.2) is 36.8 Å². The fraction of sp³-hybridized carbons (Fsp3) is 0.182. The molecule has 0 amide bonds. The summed E-state index contributed by atoms with van der Waals surface area (Å²) in [5, 5.41) is 0. The Morgan fingerprint density at radius 1 is 1.33 bits per heavy atom. The molecule has 4 heteroatoms. The van der Waals surface area contributed by atoms with Gasteiger partial charge in [-0.05, 0) is 24.3 Å². The quantitative estimate of drug-likeness (QED) is 0.819. The third-order valence-electron chi connectivity index (χ3n) is 2.22. The minimum absolute atomic E-state index is 0.461. The average Bonchev–Trinajstić information content (AvgIpc) is 2.78. The van der Waals surface area contributed by atoms with Crippen molar-refractivity contribution in [3.8, 4) is 11.4 Å². The van der Waals surface area contributed by atoms with E-state index >= 15 is 0 Å². The van der Waals surface area contributed by atoms with E-state index in [-0.39, 0.29) is 0 Å². The van der Waals surface area contributed by atoms with Gasteiger partial charge in [0.1, 0.15) is 5.75 Å². The third kappa shape index (κ3) is 1.99. The summed E-state index contributed by atoms with van der Waals surface area (Å²) in [6, 6.07) is 7.77. The highest BCUT2D eigenvalue weighted by atomic mass is 16.5. The van der Waals surface area contributed by atoms with Gasteiger partial charge >= 0.3 is 0 Å². The van der Waals surface area contributed by atoms with Crippen LogP contribution in [-0.4, -0.2) is 16.7 Å². The number of hydrogen-bond donors (Lipinski definition) is 1. The predicted octanol–water partition coefficient (Wildman–Crippen LogP) is 1.34. The Kier molecular flexibility index (Phi) is 2.69. The van der Waals surface area contributed by atoms with Crippen LogP contribution in [0, 0.1) is 0 Å². The minimum atomic E-state index is 0.461. The van der Waals surface area contributed by atoms with E-state index in [1.165, 1.54) is 0 Å². The van der Waals surface area contributed by atoms with E-state index < -0.39 is 0 Å². The van der Waals surface area contributed by atoms with Crippen LogP contribution in [0.5, 0.6) is 5.75 Å². The molecule has 1 aromatic heterocycles. The van der Waals surface area contributed by atoms with Crippen LogP contribution in [0.3, 0.4) is 0 Å². The van der Waals surface area contributed by atoms with E-state index in [9.17, 15) is 0 Å². The number of benzene rings is 1. The monoisotopic (exact) mass is 203 g/mol. The zero-order valence-corrected chi connectivity index (χ0v) is 8.55. The molecule has 2 N–H and O–H groups in total. The van der Waals surface area contributed by atoms with Gasteiger partial charge in [-0.1, -0.05) is 0 Å². The number of nitrogens with zero attached hydrogens (tertiary/aromatic N) is 2. The molecular weight excluding hydrogens is 190 g/mol. The molecule has 0 aliphatic rings. The van der Waals surface area contributed by atoms with Gasteiger partial charge in [0, 0.05) is 18.4 Å². The van der Waals surface area contributed by atoms with Crippen LogP contribution in [0.4, 0.5) is 0 Å². The molecular formula is C11H13N3O. The molecule has 0 radical (unpaired) electrons. The molecule has 0 spiro atoms. The summed E-state index contributed by atoms with van der Waals surface area (Å²) >= 11 is 0. The number of nitrogens with two attached hydrogens (primary N) is 1. The van der Waals surface area contributed by atoms with Gasteiger partial charge in [0.05, 0.1) is 19.1 Å². The fourth-order valence-electron chi connectivity index (χ4n) is 1.36. The lowest BCUT2D eigenvalue weighted by Gasteiger charge is -2.03. The zero-order chi connectivity index (χ0) is 10.7. The molecule has 4 nitrogen and oxygen atoms in total. The first-order valence-corrected chi connectivity index (χ1v) is 4.71. The van der Waals surface area contributed by atoms with Gasteiger partial charge in [0.25, 0.3) is 0 Å². The van der Waals surface area contributed by atoms with Crippen LogP contribution in [0.1, 0.15) is 5.69 Å². The molecule has 0 fully saturated rings. The topological polar surface area (TPSA) is 53.1 Å². The van der Waals surface area contributed by atoms with Crippen LogP contribution in [0.2, 0.25) is 0 Å². The smallest absolute Gasteiger partial charge is 0.119 e. The fourth-order valence-corrected chi connectivity index (χ4v) is 1.36. The Morgan fingerprint density at radius 3 is 2.60 bits per heavy atom. The molecule has 78 valence electrons. The Balaban J connectivity index is 2.28. The normalized spacial score (nSPS) is 10.3. The van der Waals surface area contributed by atoms with Crippen molar-refractivity contribution in [2.24, 2.45) is 5.73 Å². The van der Waals surface area contributed by atoms with Crippen molar-refractivity contribution in [3.63, 3.8) is 0 Å². The highest BCUT2D eigenvalue weighted by molar-refractivity contribution is 5.37. The van der Waals surface area contributed by atoms with Gasteiger partial charge in [-0.3, -0.25) is 0 Å². The molecule has 2 rings (SSSR count). The van der Waals surface area contributed by atoms with Crippen LogP contribution in [-0.2, 0) is 6.54 Å². The SMILES string of the molecule is COc1ccc(-n2cnc(CN)c2)cc1. The summed E-state index contributed by atoms with van der Waals surface area (Å²) in [5.41, 5.74) is 7.42. The van der Waals surface area contributed by atoms with Crippen LogP contribution < -0.4 is 10.5 Å². The first-order chi connectivity index (χ1) is 7.33. The van der Waals surface area contributed by atoms with Gasteiger partial charge in [0.2, 0.25) is 0 Å². The van der Waals surface area contributed by atoms with Crippen molar-refractivity contribution >= 4 is 0 Å². The summed E-state index contributed by atoms with van der Waals surface area (Å²) in [6.07, 6.45) is 3.67. The first kappa shape index (κ1) is 9.73. The summed E-state index contributed by atoms with van der Waals surface area (Å²) in [5.74, 6) is 0.845. The maximum absolute atomic E-state index is 5.49. The Labute approximate surface area is 88.3 Å². The van der Waals surface area contributed by atoms with Gasteiger partial charge in [0.15, 0.2) is 0 Å². The highest BCUT2D eigenvalue weighted by Gasteiger charge is 1.99. The molecule has 0 aliphatic heterocycles. The summed E-state index contributed by atoms with van der Waals surface area (Å²) in [6.45, 7) is 0.461. The first-order valence-electron chi connectivity index (χ1n) is 4.71. The molecule has 0 aliphatic carbocycles. The van der Waals surface area contributed by atoms with Crippen molar-refractivity contribution < 1.29 is 4.74 Å². The number of imidazole rings is 1. The van der Waals surface area contributed by atoms with E-state index in [4.69, 9.17) is 10.5 Å². The van der Waals surface area contributed by atoms with Crippen molar-refractivity contribution in [2.45, 2.75) is 6.54 Å². The average molecular weight is 203 g/mol. The molecule has 0 bridgehead atoms. The molecule has 1 heterocycles. The summed E-state index contributed by atoms with van der Waals surface area (Å²) in [4.78, 5) is 4.16. The van der Waals surface area contributed by atoms with E-state index in [1.807, 2.05) is 35.0 Å². The second-order valence-corrected chi connectivity index (χ2v) is 3.17. The number of methoxy groups -OCH3 is 1. The van der Waals surface area contributed by atoms with E-state index in [2.05, 4.69) is 4.98 Å². The Bertz CT molecular complexity index is 433. The Hall–Kier alpha value is -1.81. The standard InChI is InChI=1S/C11H13N3O/c1-15-11-4-2-10(3-5-11)14-7-9(6-12)13-8-14/h2-5,7-8H,6,12H2,1H3. The number of ether oxygens (including phenoxy) is 1. The molecule has 15 heavy (non-hydrogen) atoms. The van der Waals surface area contributed by atoms with Crippen molar-refractivity contribution in [2.75, 3.05) is 7.11 Å². The van der Waals surface area contributed by atoms with Gasteiger partial charge in [-0.15, -0.1) is 0 Å². The lowest BCUT2D eigenvalue weighted by molar-refractivity contribution is 0.415. The van der Waals surface area contributed by atoms with Crippen molar-refractivity contribution in [1.82, 2.24) is 9.55 Å². The zero-order valence-electron chi connectivity index (χ0n) is 8.55.